The summed E-state index contributed by atoms with van der Waals surface area (Å²) in [5, 5.41) is 4.13. The van der Waals surface area contributed by atoms with Crippen molar-refractivity contribution in [3.63, 3.8) is 0 Å². The molecule has 0 aromatic carbocycles. The van der Waals surface area contributed by atoms with Crippen molar-refractivity contribution in [2.45, 2.75) is 44.4 Å². The van der Waals surface area contributed by atoms with Crippen molar-refractivity contribution in [2.24, 2.45) is 5.73 Å². The van der Waals surface area contributed by atoms with Gasteiger partial charge in [-0.2, -0.15) is 0 Å². The fourth-order valence-corrected chi connectivity index (χ4v) is 2.41. The molecule has 3 heteroatoms. The third-order valence-electron chi connectivity index (χ3n) is 3.37. The van der Waals surface area contributed by atoms with Gasteiger partial charge >= 0.3 is 0 Å². The molecule has 1 fully saturated rings. The Labute approximate surface area is 84.7 Å². The minimum atomic E-state index is 0.107. The molecule has 1 aliphatic rings. The summed E-state index contributed by atoms with van der Waals surface area (Å²) in [6, 6.07) is 2.04. The van der Waals surface area contributed by atoms with Crippen LogP contribution in [0.25, 0.3) is 0 Å². The summed E-state index contributed by atoms with van der Waals surface area (Å²) in [4.78, 5) is 0. The molecule has 2 rings (SSSR count). The van der Waals surface area contributed by atoms with Crippen LogP contribution in [-0.4, -0.2) is 11.7 Å². The second kappa shape index (κ2) is 3.73. The summed E-state index contributed by atoms with van der Waals surface area (Å²) in [5.41, 5.74) is 7.07. The van der Waals surface area contributed by atoms with E-state index in [2.05, 4.69) is 5.16 Å². The molecule has 0 unspecified atom stereocenters. The van der Waals surface area contributed by atoms with Crippen molar-refractivity contribution in [2.75, 3.05) is 6.54 Å². The van der Waals surface area contributed by atoms with Crippen molar-refractivity contribution in [1.82, 2.24) is 5.16 Å². The van der Waals surface area contributed by atoms with E-state index in [9.17, 15) is 0 Å². The Hall–Kier alpha value is -0.830. The Balaban J connectivity index is 2.26. The highest BCUT2D eigenvalue weighted by molar-refractivity contribution is 5.18. The predicted molar refractivity (Wildman–Crippen MR) is 55.1 cm³/mol. The molecule has 1 aromatic rings. The Morgan fingerprint density at radius 2 is 2.14 bits per heavy atom. The van der Waals surface area contributed by atoms with Gasteiger partial charge in [-0.1, -0.05) is 24.4 Å². The van der Waals surface area contributed by atoms with Gasteiger partial charge in [-0.05, 0) is 19.8 Å². The van der Waals surface area contributed by atoms with Crippen LogP contribution in [0.4, 0.5) is 0 Å². The Kier molecular flexibility index (Phi) is 2.59. The molecule has 14 heavy (non-hydrogen) atoms. The van der Waals surface area contributed by atoms with E-state index in [4.69, 9.17) is 10.3 Å². The molecule has 1 saturated carbocycles. The van der Waals surface area contributed by atoms with Crippen molar-refractivity contribution in [1.29, 1.82) is 0 Å². The first kappa shape index (κ1) is 9.71. The van der Waals surface area contributed by atoms with Gasteiger partial charge in [-0.3, -0.25) is 0 Å². The molecule has 0 saturated heterocycles. The van der Waals surface area contributed by atoms with Crippen molar-refractivity contribution >= 4 is 0 Å². The first-order valence-electron chi connectivity index (χ1n) is 5.41. The zero-order valence-corrected chi connectivity index (χ0v) is 8.75. The summed E-state index contributed by atoms with van der Waals surface area (Å²) in [7, 11) is 0. The molecule has 1 aliphatic carbocycles. The Morgan fingerprint density at radius 1 is 1.43 bits per heavy atom. The minimum Gasteiger partial charge on any atom is -0.361 e. The van der Waals surface area contributed by atoms with Crippen molar-refractivity contribution in [3.05, 3.63) is 17.5 Å². The lowest BCUT2D eigenvalue weighted by atomic mass is 9.72. The van der Waals surface area contributed by atoms with Crippen LogP contribution in [0, 0.1) is 6.92 Å². The number of hydrogen-bond acceptors (Lipinski definition) is 3. The number of rotatable bonds is 2. The smallest absolute Gasteiger partial charge is 0.133 e. The van der Waals surface area contributed by atoms with Crippen LogP contribution in [0.2, 0.25) is 0 Å². The number of aromatic nitrogens is 1. The number of hydrogen-bond donors (Lipinski definition) is 1. The van der Waals surface area contributed by atoms with Gasteiger partial charge < -0.3 is 10.3 Å². The third-order valence-corrected chi connectivity index (χ3v) is 3.37. The lowest BCUT2D eigenvalue weighted by Gasteiger charge is -2.34. The van der Waals surface area contributed by atoms with Crippen LogP contribution in [0.1, 0.15) is 43.6 Å². The molecular weight excluding hydrogens is 176 g/mol. The van der Waals surface area contributed by atoms with Gasteiger partial charge in [0.1, 0.15) is 5.76 Å². The lowest BCUT2D eigenvalue weighted by molar-refractivity contribution is 0.276. The van der Waals surface area contributed by atoms with Crippen LogP contribution >= 0.6 is 0 Å². The van der Waals surface area contributed by atoms with E-state index in [-0.39, 0.29) is 5.41 Å². The first-order valence-corrected chi connectivity index (χ1v) is 5.41. The van der Waals surface area contributed by atoms with Crippen molar-refractivity contribution < 1.29 is 4.52 Å². The normalized spacial score (nSPS) is 21.0. The van der Waals surface area contributed by atoms with E-state index in [1.165, 1.54) is 19.3 Å². The van der Waals surface area contributed by atoms with Gasteiger partial charge in [0.2, 0.25) is 0 Å². The molecule has 2 N–H and O–H groups in total. The SMILES string of the molecule is Cc1cc(C2(CN)CCCCC2)no1. The van der Waals surface area contributed by atoms with Crippen LogP contribution in [0.15, 0.2) is 10.6 Å². The van der Waals surface area contributed by atoms with E-state index in [1.807, 2.05) is 13.0 Å². The lowest BCUT2D eigenvalue weighted by Crippen LogP contribution is -2.37. The maximum atomic E-state index is 5.90. The largest absolute Gasteiger partial charge is 0.361 e. The van der Waals surface area contributed by atoms with E-state index < -0.39 is 0 Å². The molecule has 78 valence electrons. The highest BCUT2D eigenvalue weighted by Crippen LogP contribution is 2.37. The molecule has 0 bridgehead atoms. The van der Waals surface area contributed by atoms with E-state index in [0.29, 0.717) is 6.54 Å². The second-order valence-electron chi connectivity index (χ2n) is 4.37. The number of nitrogens with two attached hydrogens (primary N) is 1. The summed E-state index contributed by atoms with van der Waals surface area (Å²) in [6.45, 7) is 2.63. The standard InChI is InChI=1S/C11H18N2O/c1-9-7-10(13-14-9)11(8-12)5-3-2-4-6-11/h7H,2-6,8,12H2,1H3. The number of nitrogens with zero attached hydrogens (tertiary/aromatic N) is 1. The van der Waals surface area contributed by atoms with Crippen LogP contribution in [-0.2, 0) is 5.41 Å². The minimum absolute atomic E-state index is 0.107. The predicted octanol–water partition coefficient (Wildman–Crippen LogP) is 2.14. The second-order valence-corrected chi connectivity index (χ2v) is 4.37. The maximum Gasteiger partial charge on any atom is 0.133 e. The summed E-state index contributed by atoms with van der Waals surface area (Å²) < 4.78 is 5.14. The zero-order chi connectivity index (χ0) is 10.0. The van der Waals surface area contributed by atoms with Crippen molar-refractivity contribution in [3.8, 4) is 0 Å². The fourth-order valence-electron chi connectivity index (χ4n) is 2.41. The van der Waals surface area contributed by atoms with Gasteiger partial charge in [-0.25, -0.2) is 0 Å². The molecule has 0 amide bonds. The van der Waals surface area contributed by atoms with Crippen LogP contribution < -0.4 is 5.73 Å². The number of aryl methyl sites for hydroxylation is 1. The van der Waals surface area contributed by atoms with Gasteiger partial charge in [-0.15, -0.1) is 0 Å². The quantitative estimate of drug-likeness (QED) is 0.784. The average Bonchev–Trinajstić information content (AvgIpc) is 2.66. The van der Waals surface area contributed by atoms with E-state index >= 15 is 0 Å². The van der Waals surface area contributed by atoms with E-state index in [0.717, 1.165) is 24.3 Å². The van der Waals surface area contributed by atoms with Crippen LogP contribution in [0.3, 0.4) is 0 Å². The summed E-state index contributed by atoms with van der Waals surface area (Å²) in [6.07, 6.45) is 6.19. The Bertz CT molecular complexity index is 300. The molecule has 1 aromatic heterocycles. The highest BCUT2D eigenvalue weighted by Gasteiger charge is 2.35. The van der Waals surface area contributed by atoms with Gasteiger partial charge in [0.15, 0.2) is 0 Å². The fraction of sp³-hybridized carbons (Fsp3) is 0.727. The highest BCUT2D eigenvalue weighted by atomic mass is 16.5. The molecule has 0 aliphatic heterocycles. The molecule has 1 heterocycles. The van der Waals surface area contributed by atoms with Gasteiger partial charge in [0.05, 0.1) is 5.69 Å². The Morgan fingerprint density at radius 3 is 2.64 bits per heavy atom. The monoisotopic (exact) mass is 194 g/mol. The molecule has 3 nitrogen and oxygen atoms in total. The zero-order valence-electron chi connectivity index (χ0n) is 8.75. The third kappa shape index (κ3) is 1.57. The van der Waals surface area contributed by atoms with E-state index in [1.54, 1.807) is 0 Å². The average molecular weight is 194 g/mol. The topological polar surface area (TPSA) is 52.0 Å². The molecule has 0 spiro atoms. The summed E-state index contributed by atoms with van der Waals surface area (Å²) in [5.74, 6) is 0.887. The van der Waals surface area contributed by atoms with Gasteiger partial charge in [0, 0.05) is 18.0 Å². The first-order chi connectivity index (χ1) is 6.77. The molecule has 0 radical (unpaired) electrons. The van der Waals surface area contributed by atoms with Gasteiger partial charge in [0.25, 0.3) is 0 Å². The molecule has 0 atom stereocenters. The summed E-state index contributed by atoms with van der Waals surface area (Å²) >= 11 is 0. The van der Waals surface area contributed by atoms with Crippen LogP contribution in [0.5, 0.6) is 0 Å². The maximum absolute atomic E-state index is 5.90. The molecular formula is C11H18N2O.